The molecule has 1 fully saturated rings. The molecule has 0 spiro atoms. The van der Waals surface area contributed by atoms with Crippen LogP contribution < -0.4 is 5.73 Å². The van der Waals surface area contributed by atoms with Crippen molar-refractivity contribution in [3.63, 3.8) is 0 Å². The average molecular weight is 300 g/mol. The van der Waals surface area contributed by atoms with Gasteiger partial charge in [0, 0.05) is 11.6 Å². The second-order valence-electron chi connectivity index (χ2n) is 4.99. The van der Waals surface area contributed by atoms with Crippen molar-refractivity contribution in [1.29, 1.82) is 0 Å². The third-order valence-electron chi connectivity index (χ3n) is 3.69. The SMILES string of the molecule is NC(CC1CCCCC1)c1cccc(Br)c1F. The summed E-state index contributed by atoms with van der Waals surface area (Å²) in [6, 6.07) is 5.19. The Kier molecular flexibility index (Phi) is 4.57. The molecule has 3 heteroatoms. The first-order valence-corrected chi connectivity index (χ1v) is 7.17. The van der Waals surface area contributed by atoms with Crippen molar-refractivity contribution < 1.29 is 4.39 Å². The molecule has 1 saturated carbocycles. The minimum Gasteiger partial charge on any atom is -0.324 e. The molecule has 17 heavy (non-hydrogen) atoms. The highest BCUT2D eigenvalue weighted by Gasteiger charge is 2.20. The Morgan fingerprint density at radius 3 is 2.71 bits per heavy atom. The molecule has 1 aliphatic rings. The summed E-state index contributed by atoms with van der Waals surface area (Å²) in [7, 11) is 0. The van der Waals surface area contributed by atoms with Crippen LogP contribution in [-0.4, -0.2) is 0 Å². The normalized spacial score (nSPS) is 19.2. The molecule has 0 heterocycles. The van der Waals surface area contributed by atoms with E-state index in [-0.39, 0.29) is 11.9 Å². The number of rotatable bonds is 3. The van der Waals surface area contributed by atoms with Crippen molar-refractivity contribution in [1.82, 2.24) is 0 Å². The van der Waals surface area contributed by atoms with Crippen LogP contribution in [0.5, 0.6) is 0 Å². The molecular weight excluding hydrogens is 281 g/mol. The van der Waals surface area contributed by atoms with E-state index in [1.165, 1.54) is 32.1 Å². The van der Waals surface area contributed by atoms with Gasteiger partial charge < -0.3 is 5.73 Å². The number of hydrogen-bond acceptors (Lipinski definition) is 1. The summed E-state index contributed by atoms with van der Waals surface area (Å²) in [5, 5.41) is 0. The molecule has 2 rings (SSSR count). The summed E-state index contributed by atoms with van der Waals surface area (Å²) in [6.07, 6.45) is 7.37. The zero-order chi connectivity index (χ0) is 12.3. The molecule has 1 aromatic rings. The molecule has 2 N–H and O–H groups in total. The fourth-order valence-corrected chi connectivity index (χ4v) is 3.10. The van der Waals surface area contributed by atoms with Gasteiger partial charge in [-0.25, -0.2) is 4.39 Å². The monoisotopic (exact) mass is 299 g/mol. The maximum Gasteiger partial charge on any atom is 0.142 e. The Hall–Kier alpha value is -0.410. The van der Waals surface area contributed by atoms with E-state index in [4.69, 9.17) is 5.73 Å². The summed E-state index contributed by atoms with van der Waals surface area (Å²) < 4.78 is 14.4. The molecule has 0 aromatic heterocycles. The van der Waals surface area contributed by atoms with Gasteiger partial charge in [-0.15, -0.1) is 0 Å². The van der Waals surface area contributed by atoms with E-state index in [1.54, 1.807) is 12.1 Å². The zero-order valence-corrected chi connectivity index (χ0v) is 11.5. The molecule has 0 saturated heterocycles. The minimum absolute atomic E-state index is 0.171. The highest BCUT2D eigenvalue weighted by Crippen LogP contribution is 2.32. The fourth-order valence-electron chi connectivity index (χ4n) is 2.72. The number of hydrogen-bond donors (Lipinski definition) is 1. The third-order valence-corrected chi connectivity index (χ3v) is 4.31. The Bertz CT molecular complexity index is 374. The van der Waals surface area contributed by atoms with Gasteiger partial charge in [-0.1, -0.05) is 44.2 Å². The summed E-state index contributed by atoms with van der Waals surface area (Å²) in [5.41, 5.74) is 6.78. The third kappa shape index (κ3) is 3.29. The van der Waals surface area contributed by atoms with Crippen LogP contribution in [0.4, 0.5) is 4.39 Å². The van der Waals surface area contributed by atoms with Gasteiger partial charge in [0.15, 0.2) is 0 Å². The van der Waals surface area contributed by atoms with Crippen LogP contribution in [0.15, 0.2) is 22.7 Å². The van der Waals surface area contributed by atoms with Crippen molar-refractivity contribution >= 4 is 15.9 Å². The van der Waals surface area contributed by atoms with Crippen LogP contribution in [0.25, 0.3) is 0 Å². The Labute approximate surface area is 111 Å². The lowest BCUT2D eigenvalue weighted by molar-refractivity contribution is 0.317. The number of nitrogens with two attached hydrogens (primary N) is 1. The van der Waals surface area contributed by atoms with Crippen LogP contribution >= 0.6 is 15.9 Å². The second-order valence-corrected chi connectivity index (χ2v) is 5.84. The largest absolute Gasteiger partial charge is 0.324 e. The van der Waals surface area contributed by atoms with Crippen LogP contribution in [0.3, 0.4) is 0 Å². The van der Waals surface area contributed by atoms with E-state index in [0.29, 0.717) is 16.0 Å². The number of halogens is 2. The van der Waals surface area contributed by atoms with Gasteiger partial charge in [-0.2, -0.15) is 0 Å². The Balaban J connectivity index is 2.03. The van der Waals surface area contributed by atoms with Crippen molar-refractivity contribution in [2.24, 2.45) is 11.7 Å². The highest BCUT2D eigenvalue weighted by atomic mass is 79.9. The first kappa shape index (κ1) is 13.0. The Morgan fingerprint density at radius 1 is 1.29 bits per heavy atom. The lowest BCUT2D eigenvalue weighted by Crippen LogP contribution is -2.18. The van der Waals surface area contributed by atoms with Crippen molar-refractivity contribution in [3.8, 4) is 0 Å². The zero-order valence-electron chi connectivity index (χ0n) is 9.96. The van der Waals surface area contributed by atoms with E-state index in [0.717, 1.165) is 6.42 Å². The van der Waals surface area contributed by atoms with Crippen LogP contribution in [0, 0.1) is 11.7 Å². The lowest BCUT2D eigenvalue weighted by Gasteiger charge is -2.25. The molecule has 0 bridgehead atoms. The highest BCUT2D eigenvalue weighted by molar-refractivity contribution is 9.10. The molecule has 1 nitrogen and oxygen atoms in total. The first-order chi connectivity index (χ1) is 8.18. The summed E-state index contributed by atoms with van der Waals surface area (Å²) >= 11 is 3.21. The van der Waals surface area contributed by atoms with Crippen molar-refractivity contribution in [3.05, 3.63) is 34.1 Å². The molecule has 1 atom stereocenters. The molecule has 0 amide bonds. The number of benzene rings is 1. The predicted molar refractivity (Wildman–Crippen MR) is 72.2 cm³/mol. The standard InChI is InChI=1S/C14H19BrFN/c15-12-8-4-7-11(14(12)16)13(17)9-10-5-2-1-3-6-10/h4,7-8,10,13H,1-3,5-6,9,17H2. The summed E-state index contributed by atoms with van der Waals surface area (Å²) in [6.45, 7) is 0. The molecule has 0 aliphatic heterocycles. The quantitative estimate of drug-likeness (QED) is 0.870. The van der Waals surface area contributed by atoms with Gasteiger partial charge in [0.2, 0.25) is 0 Å². The molecule has 0 radical (unpaired) electrons. The van der Waals surface area contributed by atoms with E-state index in [9.17, 15) is 4.39 Å². The molecule has 1 aliphatic carbocycles. The molecule has 1 unspecified atom stereocenters. The van der Waals surface area contributed by atoms with Crippen LogP contribution in [-0.2, 0) is 0 Å². The smallest absolute Gasteiger partial charge is 0.142 e. The minimum atomic E-state index is -0.198. The maximum absolute atomic E-state index is 13.9. The maximum atomic E-state index is 13.9. The summed E-state index contributed by atoms with van der Waals surface area (Å²) in [5.74, 6) is 0.480. The van der Waals surface area contributed by atoms with Crippen molar-refractivity contribution in [2.75, 3.05) is 0 Å². The van der Waals surface area contributed by atoms with Crippen molar-refractivity contribution in [2.45, 2.75) is 44.6 Å². The van der Waals surface area contributed by atoms with Gasteiger partial charge in [0.05, 0.1) is 4.47 Å². The van der Waals surface area contributed by atoms with Crippen LogP contribution in [0.2, 0.25) is 0 Å². The lowest BCUT2D eigenvalue weighted by atomic mass is 9.83. The van der Waals surface area contributed by atoms with Gasteiger partial charge in [-0.05, 0) is 34.3 Å². The second kappa shape index (κ2) is 5.96. The molecular formula is C14H19BrFN. The molecule has 1 aromatic carbocycles. The first-order valence-electron chi connectivity index (χ1n) is 6.38. The van der Waals surface area contributed by atoms with E-state index in [2.05, 4.69) is 15.9 Å². The van der Waals surface area contributed by atoms with E-state index in [1.807, 2.05) is 6.07 Å². The predicted octanol–water partition coefficient (Wildman–Crippen LogP) is 4.56. The van der Waals surface area contributed by atoms with Gasteiger partial charge in [-0.3, -0.25) is 0 Å². The van der Waals surface area contributed by atoms with Gasteiger partial charge in [0.1, 0.15) is 5.82 Å². The van der Waals surface area contributed by atoms with Gasteiger partial charge in [0.25, 0.3) is 0 Å². The fraction of sp³-hybridized carbons (Fsp3) is 0.571. The molecule has 94 valence electrons. The van der Waals surface area contributed by atoms with Gasteiger partial charge >= 0.3 is 0 Å². The average Bonchev–Trinajstić information content (AvgIpc) is 2.34. The van der Waals surface area contributed by atoms with Crippen LogP contribution in [0.1, 0.15) is 50.1 Å². The Morgan fingerprint density at radius 2 is 2.00 bits per heavy atom. The topological polar surface area (TPSA) is 26.0 Å². The van der Waals surface area contributed by atoms with E-state index < -0.39 is 0 Å². The summed E-state index contributed by atoms with van der Waals surface area (Å²) in [4.78, 5) is 0. The van der Waals surface area contributed by atoms with E-state index >= 15 is 0 Å².